The standard InChI is InChI=1S/C13H18N4O.C10H11NO2/c1-3-8(2)6-9-7-15-13(11(14)18)17-12(9)16-10-4-5-10;1-11-8-4-2-3-5-9(8)13-7-6-10(11)12/h6-7,10H,3-5H2,1-2H3,(H2,14,18)(H,15,16,17);2-5H,6-7H2,1H3/b8-6+;. The molecule has 1 aromatic heterocycles. The smallest absolute Gasteiger partial charge is 0.286 e. The van der Waals surface area contributed by atoms with Gasteiger partial charge in [-0.05, 0) is 38.3 Å². The van der Waals surface area contributed by atoms with Crippen LogP contribution in [0.3, 0.4) is 0 Å². The normalized spacial score (nSPS) is 15.8. The van der Waals surface area contributed by atoms with Crippen molar-refractivity contribution in [2.24, 2.45) is 5.73 Å². The maximum atomic E-state index is 11.4. The van der Waals surface area contributed by atoms with E-state index in [-0.39, 0.29) is 11.7 Å². The third-order valence-corrected chi connectivity index (χ3v) is 5.09. The van der Waals surface area contributed by atoms with E-state index in [4.69, 9.17) is 10.5 Å². The van der Waals surface area contributed by atoms with E-state index in [1.165, 1.54) is 5.57 Å². The summed E-state index contributed by atoms with van der Waals surface area (Å²) in [7, 11) is 1.77. The summed E-state index contributed by atoms with van der Waals surface area (Å²) in [6.07, 6.45) is 7.40. The summed E-state index contributed by atoms with van der Waals surface area (Å²) >= 11 is 0. The Bertz CT molecular complexity index is 985. The van der Waals surface area contributed by atoms with Crippen molar-refractivity contribution >= 4 is 29.4 Å². The van der Waals surface area contributed by atoms with Crippen LogP contribution >= 0.6 is 0 Å². The van der Waals surface area contributed by atoms with Crippen LogP contribution in [0.1, 0.15) is 55.7 Å². The number of ether oxygens (including phenoxy) is 1. The molecule has 2 aromatic rings. The Labute approximate surface area is 182 Å². The molecule has 0 saturated heterocycles. The lowest BCUT2D eigenvalue weighted by Gasteiger charge is -2.15. The quantitative estimate of drug-likeness (QED) is 0.763. The fraction of sp³-hybridized carbons (Fsp3) is 0.391. The molecule has 1 aliphatic carbocycles. The van der Waals surface area contributed by atoms with Crippen molar-refractivity contribution in [3.63, 3.8) is 0 Å². The fourth-order valence-corrected chi connectivity index (χ4v) is 2.93. The number of amides is 2. The number of aromatic nitrogens is 2. The monoisotopic (exact) mass is 423 g/mol. The highest BCUT2D eigenvalue weighted by Gasteiger charge is 2.23. The molecular formula is C23H29N5O3. The average Bonchev–Trinajstić information content (AvgIpc) is 3.59. The fourth-order valence-electron chi connectivity index (χ4n) is 2.93. The molecule has 2 heterocycles. The summed E-state index contributed by atoms with van der Waals surface area (Å²) in [6.45, 7) is 4.63. The largest absolute Gasteiger partial charge is 0.491 e. The summed E-state index contributed by atoms with van der Waals surface area (Å²) < 4.78 is 5.43. The average molecular weight is 424 g/mol. The number of rotatable bonds is 5. The van der Waals surface area contributed by atoms with Crippen molar-refractivity contribution in [2.75, 3.05) is 23.9 Å². The maximum absolute atomic E-state index is 11.4. The highest BCUT2D eigenvalue weighted by atomic mass is 16.5. The number of hydrogen-bond acceptors (Lipinski definition) is 6. The van der Waals surface area contributed by atoms with E-state index in [9.17, 15) is 9.59 Å². The third-order valence-electron chi connectivity index (χ3n) is 5.09. The number of primary amides is 1. The number of carbonyl (C=O) groups is 2. The molecule has 8 nitrogen and oxygen atoms in total. The summed E-state index contributed by atoms with van der Waals surface area (Å²) in [5.74, 6) is 1.05. The van der Waals surface area contributed by atoms with Crippen molar-refractivity contribution in [2.45, 2.75) is 45.6 Å². The SMILES string of the molecule is CC/C(C)=C/c1cnc(C(N)=O)nc1NC1CC1.CN1C(=O)CCOc2ccccc21. The van der Waals surface area contributed by atoms with Crippen molar-refractivity contribution in [1.29, 1.82) is 0 Å². The van der Waals surface area contributed by atoms with Gasteiger partial charge in [0.1, 0.15) is 11.6 Å². The van der Waals surface area contributed by atoms with E-state index >= 15 is 0 Å². The summed E-state index contributed by atoms with van der Waals surface area (Å²) in [5, 5.41) is 3.31. The molecule has 1 fully saturated rings. The molecule has 4 rings (SSSR count). The van der Waals surface area contributed by atoms with Gasteiger partial charge in [0.2, 0.25) is 11.7 Å². The summed E-state index contributed by atoms with van der Waals surface area (Å²) in [4.78, 5) is 32.3. The molecule has 8 heteroatoms. The molecule has 2 amide bonds. The number of benzene rings is 1. The number of nitrogens with zero attached hydrogens (tertiary/aromatic N) is 3. The molecule has 2 aliphatic rings. The molecule has 0 bridgehead atoms. The molecule has 0 spiro atoms. The Hall–Kier alpha value is -3.42. The molecule has 1 saturated carbocycles. The van der Waals surface area contributed by atoms with Gasteiger partial charge >= 0.3 is 0 Å². The van der Waals surface area contributed by atoms with Gasteiger partial charge in [-0.3, -0.25) is 9.59 Å². The van der Waals surface area contributed by atoms with Gasteiger partial charge in [0.25, 0.3) is 5.91 Å². The van der Waals surface area contributed by atoms with Crippen LogP contribution in [-0.2, 0) is 4.79 Å². The second kappa shape index (κ2) is 10.1. The van der Waals surface area contributed by atoms with Gasteiger partial charge in [-0.15, -0.1) is 0 Å². The molecule has 1 aromatic carbocycles. The molecule has 0 unspecified atom stereocenters. The van der Waals surface area contributed by atoms with Crippen molar-refractivity contribution in [1.82, 2.24) is 9.97 Å². The Balaban J connectivity index is 0.000000185. The third kappa shape index (κ3) is 6.04. The van der Waals surface area contributed by atoms with Gasteiger partial charge in [0.15, 0.2) is 0 Å². The summed E-state index contributed by atoms with van der Waals surface area (Å²) in [5.41, 5.74) is 8.20. The topological polar surface area (TPSA) is 110 Å². The predicted octanol–water partition coefficient (Wildman–Crippen LogP) is 3.40. The molecule has 164 valence electrons. The van der Waals surface area contributed by atoms with Gasteiger partial charge in [-0.1, -0.05) is 30.7 Å². The highest BCUT2D eigenvalue weighted by molar-refractivity contribution is 5.95. The number of allylic oxidation sites excluding steroid dienone is 1. The number of hydrogen-bond donors (Lipinski definition) is 2. The van der Waals surface area contributed by atoms with Gasteiger partial charge in [0.05, 0.1) is 18.7 Å². The van der Waals surface area contributed by atoms with Crippen LogP contribution in [0.4, 0.5) is 11.5 Å². The van der Waals surface area contributed by atoms with Crippen molar-refractivity contribution in [3.8, 4) is 5.75 Å². The van der Waals surface area contributed by atoms with Crippen LogP contribution in [0.5, 0.6) is 5.75 Å². The van der Waals surface area contributed by atoms with E-state index in [1.807, 2.05) is 30.3 Å². The Morgan fingerprint density at radius 2 is 2.10 bits per heavy atom. The first kappa shape index (κ1) is 22.3. The lowest BCUT2D eigenvalue weighted by Crippen LogP contribution is -2.24. The van der Waals surface area contributed by atoms with E-state index < -0.39 is 5.91 Å². The Morgan fingerprint density at radius 1 is 1.35 bits per heavy atom. The summed E-state index contributed by atoms with van der Waals surface area (Å²) in [6, 6.07) is 8.04. The number of nitrogens with two attached hydrogens (primary N) is 1. The number of para-hydroxylation sites is 2. The molecule has 3 N–H and O–H groups in total. The van der Waals surface area contributed by atoms with Crippen molar-refractivity contribution < 1.29 is 14.3 Å². The minimum atomic E-state index is -0.600. The van der Waals surface area contributed by atoms with Crippen LogP contribution in [0, 0.1) is 0 Å². The first-order valence-corrected chi connectivity index (χ1v) is 10.5. The second-order valence-electron chi connectivity index (χ2n) is 7.64. The Morgan fingerprint density at radius 3 is 2.77 bits per heavy atom. The van der Waals surface area contributed by atoms with Crippen LogP contribution in [0.2, 0.25) is 0 Å². The van der Waals surface area contributed by atoms with Gasteiger partial charge in [0, 0.05) is 24.8 Å². The molecule has 0 atom stereocenters. The molecule has 1 aliphatic heterocycles. The number of carbonyl (C=O) groups excluding carboxylic acids is 2. The van der Waals surface area contributed by atoms with Crippen LogP contribution in [0.15, 0.2) is 36.0 Å². The van der Waals surface area contributed by atoms with Gasteiger partial charge < -0.3 is 20.7 Å². The highest BCUT2D eigenvalue weighted by Crippen LogP contribution is 2.29. The van der Waals surface area contributed by atoms with E-state index in [0.29, 0.717) is 24.9 Å². The van der Waals surface area contributed by atoms with Crippen LogP contribution in [-0.4, -0.2) is 41.5 Å². The maximum Gasteiger partial charge on any atom is 0.286 e. The predicted molar refractivity (Wildman–Crippen MR) is 121 cm³/mol. The Kier molecular flexibility index (Phi) is 7.23. The van der Waals surface area contributed by atoms with Crippen molar-refractivity contribution in [3.05, 3.63) is 47.4 Å². The van der Waals surface area contributed by atoms with Crippen LogP contribution < -0.4 is 20.7 Å². The number of anilines is 2. The van der Waals surface area contributed by atoms with E-state index in [0.717, 1.165) is 36.3 Å². The zero-order chi connectivity index (χ0) is 22.4. The molecule has 0 radical (unpaired) electrons. The minimum absolute atomic E-state index is 0.0597. The first-order chi connectivity index (χ1) is 14.9. The number of nitrogens with one attached hydrogen (secondary N) is 1. The number of fused-ring (bicyclic) bond motifs is 1. The van der Waals surface area contributed by atoms with Gasteiger partial charge in [-0.2, -0.15) is 0 Å². The zero-order valence-electron chi connectivity index (χ0n) is 18.2. The molecule has 31 heavy (non-hydrogen) atoms. The molecular weight excluding hydrogens is 394 g/mol. The lowest BCUT2D eigenvalue weighted by molar-refractivity contribution is -0.118. The lowest BCUT2D eigenvalue weighted by atomic mass is 10.1. The minimum Gasteiger partial charge on any atom is -0.491 e. The first-order valence-electron chi connectivity index (χ1n) is 10.5. The van der Waals surface area contributed by atoms with Gasteiger partial charge in [-0.25, -0.2) is 9.97 Å². The van der Waals surface area contributed by atoms with Crippen LogP contribution in [0.25, 0.3) is 6.08 Å². The van der Waals surface area contributed by atoms with E-state index in [2.05, 4.69) is 29.1 Å². The second-order valence-corrected chi connectivity index (χ2v) is 7.64. The zero-order valence-corrected chi connectivity index (χ0v) is 18.2. The van der Waals surface area contributed by atoms with E-state index in [1.54, 1.807) is 18.1 Å².